The molecule has 1 N–H and O–H groups in total. The van der Waals surface area contributed by atoms with E-state index in [4.69, 9.17) is 4.74 Å². The van der Waals surface area contributed by atoms with Crippen molar-refractivity contribution in [1.29, 1.82) is 0 Å². The molecule has 2 aliphatic rings. The molecule has 1 atom stereocenters. The summed E-state index contributed by atoms with van der Waals surface area (Å²) in [7, 11) is 1.55. The second kappa shape index (κ2) is 5.51. The molecular weight excluding hydrogens is 304 g/mol. The zero-order valence-corrected chi connectivity index (χ0v) is 13.9. The van der Waals surface area contributed by atoms with E-state index in [1.807, 2.05) is 17.2 Å². The molecule has 5 nitrogen and oxygen atoms in total. The highest BCUT2D eigenvalue weighted by atomic mass is 16.5. The Morgan fingerprint density at radius 3 is 2.96 bits per heavy atom. The third kappa shape index (κ3) is 2.08. The summed E-state index contributed by atoms with van der Waals surface area (Å²) in [6, 6.07) is 3.63. The van der Waals surface area contributed by atoms with E-state index >= 15 is 0 Å². The molecule has 124 valence electrons. The van der Waals surface area contributed by atoms with Crippen LogP contribution >= 0.6 is 0 Å². The molecule has 0 bridgehead atoms. The van der Waals surface area contributed by atoms with Crippen molar-refractivity contribution in [3.8, 4) is 11.5 Å². The van der Waals surface area contributed by atoms with Gasteiger partial charge >= 0.3 is 0 Å². The fourth-order valence-corrected chi connectivity index (χ4v) is 3.95. The standard InChI is InChI=1S/C19H20N2O3/c1-3-11-9-20-10-15-13(11)7-16-14-8-17(22)18(24-2)6-12(14)4-5-21(16)19(15)23/h6,8-10,16,22H,3-5,7H2,1-2H3/t16-/m1/s1. The monoisotopic (exact) mass is 324 g/mol. The van der Waals surface area contributed by atoms with Gasteiger partial charge in [-0.15, -0.1) is 0 Å². The molecule has 3 heterocycles. The number of aromatic hydroxyl groups is 1. The summed E-state index contributed by atoms with van der Waals surface area (Å²) in [4.78, 5) is 19.1. The van der Waals surface area contributed by atoms with Gasteiger partial charge in [-0.25, -0.2) is 0 Å². The highest BCUT2D eigenvalue weighted by molar-refractivity contribution is 5.97. The van der Waals surface area contributed by atoms with Crippen LogP contribution in [-0.4, -0.2) is 34.6 Å². The van der Waals surface area contributed by atoms with Crippen molar-refractivity contribution in [1.82, 2.24) is 9.88 Å². The number of hydrogen-bond acceptors (Lipinski definition) is 4. The van der Waals surface area contributed by atoms with E-state index in [0.717, 1.165) is 47.1 Å². The van der Waals surface area contributed by atoms with Gasteiger partial charge in [-0.1, -0.05) is 6.92 Å². The normalized spacial score (nSPS) is 18.7. The van der Waals surface area contributed by atoms with Crippen LogP contribution in [-0.2, 0) is 19.3 Å². The summed E-state index contributed by atoms with van der Waals surface area (Å²) in [6.07, 6.45) is 5.94. The van der Waals surface area contributed by atoms with Gasteiger partial charge in [-0.05, 0) is 53.6 Å². The lowest BCUT2D eigenvalue weighted by molar-refractivity contribution is 0.0630. The maximum atomic E-state index is 12.9. The van der Waals surface area contributed by atoms with Gasteiger partial charge in [-0.2, -0.15) is 0 Å². The predicted octanol–water partition coefficient (Wildman–Crippen LogP) is 2.65. The van der Waals surface area contributed by atoms with Crippen LogP contribution < -0.4 is 4.74 Å². The number of amides is 1. The smallest absolute Gasteiger partial charge is 0.256 e. The van der Waals surface area contributed by atoms with Crippen LogP contribution in [0, 0.1) is 0 Å². The van der Waals surface area contributed by atoms with E-state index in [9.17, 15) is 9.90 Å². The number of fused-ring (bicyclic) bond motifs is 4. The van der Waals surface area contributed by atoms with Crippen molar-refractivity contribution >= 4 is 5.91 Å². The van der Waals surface area contributed by atoms with Crippen LogP contribution in [0.1, 0.15) is 45.6 Å². The summed E-state index contributed by atoms with van der Waals surface area (Å²) in [6.45, 7) is 2.76. The van der Waals surface area contributed by atoms with Crippen molar-refractivity contribution in [2.24, 2.45) is 0 Å². The van der Waals surface area contributed by atoms with E-state index < -0.39 is 0 Å². The molecule has 1 aromatic carbocycles. The van der Waals surface area contributed by atoms with Gasteiger partial charge in [0.25, 0.3) is 5.91 Å². The lowest BCUT2D eigenvalue weighted by Gasteiger charge is -2.41. The molecule has 0 saturated heterocycles. The lowest BCUT2D eigenvalue weighted by Crippen LogP contribution is -2.44. The number of methoxy groups -OCH3 is 1. The molecule has 0 spiro atoms. The Bertz CT molecular complexity index is 832. The average Bonchev–Trinajstić information content (AvgIpc) is 2.61. The van der Waals surface area contributed by atoms with Crippen LogP contribution in [0.5, 0.6) is 11.5 Å². The minimum absolute atomic E-state index is 0.0294. The number of carbonyl (C=O) groups is 1. The second-order valence-electron chi connectivity index (χ2n) is 6.37. The first-order valence-corrected chi connectivity index (χ1v) is 8.30. The lowest BCUT2D eigenvalue weighted by atomic mass is 9.82. The van der Waals surface area contributed by atoms with Crippen molar-refractivity contribution in [3.63, 3.8) is 0 Å². The molecule has 0 aliphatic carbocycles. The second-order valence-corrected chi connectivity index (χ2v) is 6.37. The van der Waals surface area contributed by atoms with Gasteiger partial charge in [0.05, 0.1) is 18.7 Å². The zero-order valence-electron chi connectivity index (χ0n) is 13.9. The van der Waals surface area contributed by atoms with E-state index in [0.29, 0.717) is 12.3 Å². The van der Waals surface area contributed by atoms with Crippen LogP contribution in [0.4, 0.5) is 0 Å². The summed E-state index contributed by atoms with van der Waals surface area (Å²) in [5, 5.41) is 10.2. The number of phenolic OH excluding ortho intramolecular Hbond substituents is 1. The molecule has 0 unspecified atom stereocenters. The minimum Gasteiger partial charge on any atom is -0.504 e. The number of aryl methyl sites for hydroxylation is 1. The number of pyridine rings is 1. The topological polar surface area (TPSA) is 62.7 Å². The maximum absolute atomic E-state index is 12.9. The Morgan fingerprint density at radius 2 is 2.21 bits per heavy atom. The molecule has 5 heteroatoms. The van der Waals surface area contributed by atoms with Crippen molar-refractivity contribution in [2.75, 3.05) is 13.7 Å². The number of ether oxygens (including phenoxy) is 1. The summed E-state index contributed by atoms with van der Waals surface area (Å²) < 4.78 is 5.22. The Hall–Kier alpha value is -2.56. The number of rotatable bonds is 2. The van der Waals surface area contributed by atoms with Crippen molar-refractivity contribution in [3.05, 3.63) is 52.3 Å². The molecule has 4 rings (SSSR count). The quantitative estimate of drug-likeness (QED) is 0.922. The Balaban J connectivity index is 1.84. The molecule has 0 fully saturated rings. The van der Waals surface area contributed by atoms with Crippen LogP contribution in [0.2, 0.25) is 0 Å². The van der Waals surface area contributed by atoms with Crippen LogP contribution in [0.15, 0.2) is 24.5 Å². The van der Waals surface area contributed by atoms with Gasteiger partial charge < -0.3 is 14.7 Å². The van der Waals surface area contributed by atoms with Gasteiger partial charge in [0.1, 0.15) is 0 Å². The Labute approximate surface area is 140 Å². The third-order valence-corrected chi connectivity index (χ3v) is 5.21. The van der Waals surface area contributed by atoms with Gasteiger partial charge in [0, 0.05) is 18.9 Å². The summed E-state index contributed by atoms with van der Waals surface area (Å²) >= 11 is 0. The maximum Gasteiger partial charge on any atom is 0.256 e. The first kappa shape index (κ1) is 15.0. The molecule has 0 saturated carbocycles. The predicted molar refractivity (Wildman–Crippen MR) is 89.5 cm³/mol. The molecule has 0 radical (unpaired) electrons. The van der Waals surface area contributed by atoms with Crippen LogP contribution in [0.3, 0.4) is 0 Å². The van der Waals surface area contributed by atoms with Crippen molar-refractivity contribution < 1.29 is 14.6 Å². The molecule has 1 aromatic heterocycles. The summed E-state index contributed by atoms with van der Waals surface area (Å²) in [5.41, 5.74) is 5.13. The third-order valence-electron chi connectivity index (χ3n) is 5.21. The van der Waals surface area contributed by atoms with E-state index in [2.05, 4.69) is 11.9 Å². The largest absolute Gasteiger partial charge is 0.504 e. The fourth-order valence-electron chi connectivity index (χ4n) is 3.95. The molecule has 1 amide bonds. The van der Waals surface area contributed by atoms with Gasteiger partial charge in [0.15, 0.2) is 11.5 Å². The Morgan fingerprint density at radius 1 is 1.38 bits per heavy atom. The number of phenols is 1. The van der Waals surface area contributed by atoms with E-state index in [-0.39, 0.29) is 17.7 Å². The average molecular weight is 324 g/mol. The SMILES string of the molecule is CCc1cncc2c1C[C@@H]1c3cc(O)c(OC)cc3CCN1C2=O. The highest BCUT2D eigenvalue weighted by Gasteiger charge is 2.38. The van der Waals surface area contributed by atoms with Crippen molar-refractivity contribution in [2.45, 2.75) is 32.2 Å². The number of carbonyl (C=O) groups excluding carboxylic acids is 1. The van der Waals surface area contributed by atoms with Gasteiger partial charge in [0.2, 0.25) is 0 Å². The number of benzene rings is 1. The van der Waals surface area contributed by atoms with Crippen LogP contribution in [0.25, 0.3) is 0 Å². The Kier molecular flexibility index (Phi) is 3.44. The zero-order chi connectivity index (χ0) is 16.8. The summed E-state index contributed by atoms with van der Waals surface area (Å²) in [5.74, 6) is 0.662. The molecular formula is C19H20N2O3. The number of nitrogens with zero attached hydrogens (tertiary/aromatic N) is 2. The molecule has 24 heavy (non-hydrogen) atoms. The van der Waals surface area contributed by atoms with E-state index in [1.165, 1.54) is 0 Å². The van der Waals surface area contributed by atoms with E-state index in [1.54, 1.807) is 19.4 Å². The first-order chi connectivity index (χ1) is 11.6. The molecule has 2 aliphatic heterocycles. The molecule has 2 aromatic rings. The highest BCUT2D eigenvalue weighted by Crippen LogP contribution is 2.42. The van der Waals surface area contributed by atoms with Gasteiger partial charge in [-0.3, -0.25) is 9.78 Å². The fraction of sp³-hybridized carbons (Fsp3) is 0.368. The number of hydrogen-bond donors (Lipinski definition) is 1. The minimum atomic E-state index is -0.0294. The number of aromatic nitrogens is 1. The first-order valence-electron chi connectivity index (χ1n) is 8.30.